The van der Waals surface area contributed by atoms with Gasteiger partial charge in [0.1, 0.15) is 12.2 Å². The molecule has 1 heterocycles. The number of ether oxygens (including phenoxy) is 2. The molecular formula is C24H17FO5. The summed E-state index contributed by atoms with van der Waals surface area (Å²) in [6.07, 6.45) is 0. The van der Waals surface area contributed by atoms with Crippen molar-refractivity contribution in [3.05, 3.63) is 100 Å². The van der Waals surface area contributed by atoms with Crippen LogP contribution >= 0.6 is 0 Å². The van der Waals surface area contributed by atoms with Gasteiger partial charge in [-0.2, -0.15) is 0 Å². The molecule has 0 N–H and O–H groups in total. The summed E-state index contributed by atoms with van der Waals surface area (Å²) in [7, 11) is 1.34. The fraction of sp³-hybridized carbons (Fsp3) is 0.0833. The van der Waals surface area contributed by atoms with Crippen molar-refractivity contribution in [2.45, 2.75) is 6.61 Å². The van der Waals surface area contributed by atoms with Crippen molar-refractivity contribution < 1.29 is 23.1 Å². The van der Waals surface area contributed by atoms with Gasteiger partial charge >= 0.3 is 11.6 Å². The molecule has 1 aromatic heterocycles. The van der Waals surface area contributed by atoms with Crippen LogP contribution in [0.5, 0.6) is 5.75 Å². The van der Waals surface area contributed by atoms with E-state index in [1.54, 1.807) is 12.1 Å². The van der Waals surface area contributed by atoms with Crippen LogP contribution in [0.1, 0.15) is 15.9 Å². The summed E-state index contributed by atoms with van der Waals surface area (Å²) in [6.45, 7) is -0.0539. The summed E-state index contributed by atoms with van der Waals surface area (Å²) in [5.41, 5.74) is 2.30. The predicted molar refractivity (Wildman–Crippen MR) is 110 cm³/mol. The molecule has 6 heteroatoms. The highest BCUT2D eigenvalue weighted by molar-refractivity contribution is 5.93. The summed E-state index contributed by atoms with van der Waals surface area (Å²) in [6, 6.07) is 20.1. The molecule has 0 aliphatic carbocycles. The number of carbonyl (C=O) groups excluding carboxylic acids is 1. The predicted octanol–water partition coefficient (Wildman–Crippen LogP) is 4.96. The third-order valence-electron chi connectivity index (χ3n) is 4.65. The minimum atomic E-state index is -0.670. The quantitative estimate of drug-likeness (QED) is 0.347. The Morgan fingerprint density at radius 2 is 1.80 bits per heavy atom. The molecule has 0 fully saturated rings. The second-order valence-electron chi connectivity index (χ2n) is 6.60. The molecule has 0 radical (unpaired) electrons. The van der Waals surface area contributed by atoms with Crippen molar-refractivity contribution in [3.63, 3.8) is 0 Å². The molecule has 0 saturated heterocycles. The lowest BCUT2D eigenvalue weighted by atomic mass is 10.0. The maximum atomic E-state index is 13.8. The van der Waals surface area contributed by atoms with Gasteiger partial charge in [-0.15, -0.1) is 0 Å². The lowest BCUT2D eigenvalue weighted by Gasteiger charge is -2.09. The van der Waals surface area contributed by atoms with Crippen LogP contribution < -0.4 is 10.4 Å². The second kappa shape index (κ2) is 8.21. The molecule has 0 saturated carbocycles. The fourth-order valence-corrected chi connectivity index (χ4v) is 3.18. The lowest BCUT2D eigenvalue weighted by Crippen LogP contribution is -2.06. The number of rotatable bonds is 5. The molecular weight excluding hydrogens is 387 g/mol. The largest absolute Gasteiger partial charge is 0.494 e. The van der Waals surface area contributed by atoms with Gasteiger partial charge in [0.25, 0.3) is 0 Å². The Morgan fingerprint density at radius 3 is 2.53 bits per heavy atom. The number of hydrogen-bond donors (Lipinski definition) is 0. The van der Waals surface area contributed by atoms with Crippen LogP contribution in [0.3, 0.4) is 0 Å². The third kappa shape index (κ3) is 3.93. The number of hydrogen-bond acceptors (Lipinski definition) is 5. The number of methoxy groups -OCH3 is 1. The Hall–Kier alpha value is -3.93. The number of esters is 1. The molecule has 3 aromatic carbocycles. The van der Waals surface area contributed by atoms with E-state index in [9.17, 15) is 14.0 Å². The minimum Gasteiger partial charge on any atom is -0.494 e. The van der Waals surface area contributed by atoms with Gasteiger partial charge in [0, 0.05) is 11.5 Å². The number of carbonyl (C=O) groups is 1. The zero-order valence-electron chi connectivity index (χ0n) is 16.1. The molecule has 0 bridgehead atoms. The zero-order chi connectivity index (χ0) is 21.1. The van der Waals surface area contributed by atoms with Crippen molar-refractivity contribution >= 4 is 16.9 Å². The highest BCUT2D eigenvalue weighted by atomic mass is 19.1. The van der Waals surface area contributed by atoms with Crippen molar-refractivity contribution in [1.82, 2.24) is 0 Å². The van der Waals surface area contributed by atoms with E-state index in [1.165, 1.54) is 25.3 Å². The van der Waals surface area contributed by atoms with Gasteiger partial charge in [-0.3, -0.25) is 0 Å². The molecule has 0 aliphatic heterocycles. The molecule has 0 unspecified atom stereocenters. The molecule has 0 spiro atoms. The van der Waals surface area contributed by atoms with Crippen molar-refractivity contribution in [1.29, 1.82) is 0 Å². The first kappa shape index (κ1) is 19.4. The van der Waals surface area contributed by atoms with Crippen LogP contribution in [0.15, 0.2) is 82.0 Å². The molecule has 4 aromatic rings. The summed E-state index contributed by atoms with van der Waals surface area (Å²) >= 11 is 0. The Morgan fingerprint density at radius 1 is 1.00 bits per heavy atom. The van der Waals surface area contributed by atoms with E-state index in [0.717, 1.165) is 22.6 Å². The van der Waals surface area contributed by atoms with Crippen LogP contribution in [0, 0.1) is 5.82 Å². The van der Waals surface area contributed by atoms with Crippen molar-refractivity contribution in [3.8, 4) is 16.9 Å². The SMILES string of the molecule is COc1ccc(C(=O)OCc2ccc3c(-c4ccccc4)cc(=O)oc3c2)cc1F. The molecule has 150 valence electrons. The standard InChI is InChI=1S/C24H17FO5/c1-28-21-10-8-17(12-20(21)25)24(27)29-14-15-7-9-18-19(16-5-3-2-4-6-16)13-23(26)30-22(18)11-15/h2-13H,14H2,1H3. The highest BCUT2D eigenvalue weighted by Crippen LogP contribution is 2.28. The normalized spacial score (nSPS) is 10.7. The molecule has 5 nitrogen and oxygen atoms in total. The van der Waals surface area contributed by atoms with Crippen molar-refractivity contribution in [2.75, 3.05) is 7.11 Å². The van der Waals surface area contributed by atoms with E-state index < -0.39 is 17.4 Å². The Bertz CT molecular complexity index is 1280. The number of halogens is 1. The van der Waals surface area contributed by atoms with Crippen molar-refractivity contribution in [2.24, 2.45) is 0 Å². The van der Waals surface area contributed by atoms with Gasteiger partial charge in [-0.1, -0.05) is 42.5 Å². The maximum Gasteiger partial charge on any atom is 0.338 e. The van der Waals surface area contributed by atoms with E-state index >= 15 is 0 Å². The maximum absolute atomic E-state index is 13.8. The van der Waals surface area contributed by atoms with Crippen LogP contribution in [-0.4, -0.2) is 13.1 Å². The zero-order valence-corrected chi connectivity index (χ0v) is 16.1. The average Bonchev–Trinajstić information content (AvgIpc) is 2.77. The number of fused-ring (bicyclic) bond motifs is 1. The molecule has 4 rings (SSSR count). The fourth-order valence-electron chi connectivity index (χ4n) is 3.18. The molecule has 0 aliphatic rings. The van der Waals surface area contributed by atoms with E-state index in [0.29, 0.717) is 11.1 Å². The van der Waals surface area contributed by atoms with Gasteiger partial charge in [-0.25, -0.2) is 14.0 Å². The summed E-state index contributed by atoms with van der Waals surface area (Å²) < 4.78 is 29.2. The lowest BCUT2D eigenvalue weighted by molar-refractivity contribution is 0.0472. The first-order chi connectivity index (χ1) is 14.5. The van der Waals surface area contributed by atoms with E-state index in [2.05, 4.69) is 0 Å². The molecule has 0 atom stereocenters. The molecule has 0 amide bonds. The van der Waals surface area contributed by atoms with Crippen LogP contribution in [0.2, 0.25) is 0 Å². The third-order valence-corrected chi connectivity index (χ3v) is 4.65. The monoisotopic (exact) mass is 404 g/mol. The second-order valence-corrected chi connectivity index (χ2v) is 6.60. The Kier molecular flexibility index (Phi) is 5.30. The first-order valence-electron chi connectivity index (χ1n) is 9.18. The van der Waals surface area contributed by atoms with Gasteiger partial charge < -0.3 is 13.9 Å². The van der Waals surface area contributed by atoms with E-state index in [-0.39, 0.29) is 17.9 Å². The molecule has 30 heavy (non-hydrogen) atoms. The van der Waals surface area contributed by atoms with Crippen LogP contribution in [0.4, 0.5) is 4.39 Å². The summed E-state index contributed by atoms with van der Waals surface area (Å²) in [5, 5.41) is 0.771. The minimum absolute atomic E-state index is 0.0466. The summed E-state index contributed by atoms with van der Waals surface area (Å²) in [4.78, 5) is 24.2. The van der Waals surface area contributed by atoms with Gasteiger partial charge in [0.05, 0.1) is 12.7 Å². The van der Waals surface area contributed by atoms with Gasteiger partial charge in [0.2, 0.25) is 0 Å². The van der Waals surface area contributed by atoms with Gasteiger partial charge in [0.15, 0.2) is 11.6 Å². The Balaban J connectivity index is 1.58. The van der Waals surface area contributed by atoms with E-state index in [1.807, 2.05) is 36.4 Å². The Labute approximate surface area is 171 Å². The van der Waals surface area contributed by atoms with Crippen LogP contribution in [0.25, 0.3) is 22.1 Å². The summed E-state index contributed by atoms with van der Waals surface area (Å²) in [5.74, 6) is -1.27. The van der Waals surface area contributed by atoms with Crippen LogP contribution in [-0.2, 0) is 11.3 Å². The topological polar surface area (TPSA) is 65.7 Å². The van der Waals surface area contributed by atoms with Gasteiger partial charge in [-0.05, 0) is 41.0 Å². The average molecular weight is 404 g/mol. The van der Waals surface area contributed by atoms with E-state index in [4.69, 9.17) is 13.9 Å². The first-order valence-corrected chi connectivity index (χ1v) is 9.18. The highest BCUT2D eigenvalue weighted by Gasteiger charge is 2.13. The smallest absolute Gasteiger partial charge is 0.338 e. The number of benzene rings is 3.